The molecule has 0 aliphatic heterocycles. The van der Waals surface area contributed by atoms with Gasteiger partial charge in [0, 0.05) is 19.6 Å². The number of amides is 1. The zero-order valence-corrected chi connectivity index (χ0v) is 10.9. The van der Waals surface area contributed by atoms with Crippen LogP contribution in [-0.4, -0.2) is 40.6 Å². The largest absolute Gasteiger partial charge is 0.340 e. The van der Waals surface area contributed by atoms with E-state index in [4.69, 9.17) is 5.73 Å². The summed E-state index contributed by atoms with van der Waals surface area (Å²) in [5.74, 6) is -0.0443. The molecular weight excluding hydrogens is 216 g/mol. The van der Waals surface area contributed by atoms with Crippen molar-refractivity contribution >= 4 is 5.91 Å². The van der Waals surface area contributed by atoms with Crippen molar-refractivity contribution in [1.82, 2.24) is 15.1 Å². The Hall–Kier alpha value is -1.49. The number of nitrogens with two attached hydrogens (primary N) is 1. The van der Waals surface area contributed by atoms with Crippen LogP contribution < -0.4 is 5.73 Å². The lowest BCUT2D eigenvalue weighted by molar-refractivity contribution is 0.0787. The van der Waals surface area contributed by atoms with Crippen LogP contribution in [0, 0.1) is 6.92 Å². The third-order valence-corrected chi connectivity index (χ3v) is 2.47. The summed E-state index contributed by atoms with van der Waals surface area (Å²) < 4.78 is 0. The molecule has 0 saturated heterocycles. The average Bonchev–Trinajstić information content (AvgIpc) is 2.27. The predicted octanol–water partition coefficient (Wildman–Crippen LogP) is 0.767. The molecule has 0 spiro atoms. The fourth-order valence-corrected chi connectivity index (χ4v) is 1.68. The number of carbonyl (C=O) groups excluding carboxylic acids is 1. The first-order valence-corrected chi connectivity index (χ1v) is 5.80. The Labute approximate surface area is 102 Å². The Morgan fingerprint density at radius 2 is 2.18 bits per heavy atom. The number of hydrogen-bond acceptors (Lipinski definition) is 4. The van der Waals surface area contributed by atoms with Gasteiger partial charge in [-0.1, -0.05) is 6.92 Å². The third kappa shape index (κ3) is 3.49. The van der Waals surface area contributed by atoms with E-state index in [9.17, 15) is 4.79 Å². The van der Waals surface area contributed by atoms with Gasteiger partial charge in [0.05, 0.1) is 17.0 Å². The van der Waals surface area contributed by atoms with Gasteiger partial charge in [0.25, 0.3) is 5.91 Å². The molecule has 5 nitrogen and oxygen atoms in total. The number of aromatic nitrogens is 2. The van der Waals surface area contributed by atoms with Gasteiger partial charge in [0.1, 0.15) is 0 Å². The molecule has 1 rings (SSSR count). The second-order valence-corrected chi connectivity index (χ2v) is 4.36. The summed E-state index contributed by atoms with van der Waals surface area (Å²) in [6.45, 7) is 6.19. The van der Waals surface area contributed by atoms with E-state index in [0.29, 0.717) is 18.5 Å². The number of nitrogens with zero attached hydrogens (tertiary/aromatic N) is 3. The molecule has 0 radical (unpaired) electrons. The fourth-order valence-electron chi connectivity index (χ4n) is 1.68. The summed E-state index contributed by atoms with van der Waals surface area (Å²) in [5.41, 5.74) is 7.80. The van der Waals surface area contributed by atoms with Gasteiger partial charge < -0.3 is 10.6 Å². The van der Waals surface area contributed by atoms with Crippen LogP contribution in [0.1, 0.15) is 35.6 Å². The maximum absolute atomic E-state index is 12.2. The Kier molecular flexibility index (Phi) is 4.57. The molecule has 1 aromatic heterocycles. The fraction of sp³-hybridized carbons (Fsp3) is 0.583. The topological polar surface area (TPSA) is 72.1 Å². The third-order valence-electron chi connectivity index (χ3n) is 2.47. The van der Waals surface area contributed by atoms with Gasteiger partial charge in [0.2, 0.25) is 0 Å². The highest BCUT2D eigenvalue weighted by Crippen LogP contribution is 2.10. The first-order valence-electron chi connectivity index (χ1n) is 5.80. The van der Waals surface area contributed by atoms with E-state index in [0.717, 1.165) is 11.4 Å². The van der Waals surface area contributed by atoms with Crippen LogP contribution >= 0.6 is 0 Å². The number of aryl methyl sites for hydroxylation is 2. The molecule has 1 aromatic rings. The molecule has 0 saturated carbocycles. The van der Waals surface area contributed by atoms with Crippen LogP contribution in [0.4, 0.5) is 0 Å². The molecular formula is C12H20N4O. The minimum Gasteiger partial charge on any atom is -0.340 e. The van der Waals surface area contributed by atoms with Crippen LogP contribution in [0.2, 0.25) is 0 Å². The predicted molar refractivity (Wildman–Crippen MR) is 66.8 cm³/mol. The van der Waals surface area contributed by atoms with E-state index < -0.39 is 0 Å². The minimum absolute atomic E-state index is 0.0371. The maximum atomic E-state index is 12.2. The summed E-state index contributed by atoms with van der Waals surface area (Å²) in [6.07, 6.45) is 0.695. The number of rotatable bonds is 4. The van der Waals surface area contributed by atoms with Crippen LogP contribution in [-0.2, 0) is 6.42 Å². The summed E-state index contributed by atoms with van der Waals surface area (Å²) in [4.78, 5) is 13.8. The molecule has 94 valence electrons. The van der Waals surface area contributed by atoms with Crippen molar-refractivity contribution in [2.45, 2.75) is 33.2 Å². The van der Waals surface area contributed by atoms with Gasteiger partial charge in [-0.15, -0.1) is 0 Å². The number of carbonyl (C=O) groups is 1. The molecule has 1 unspecified atom stereocenters. The molecule has 1 atom stereocenters. The van der Waals surface area contributed by atoms with Crippen molar-refractivity contribution < 1.29 is 4.79 Å². The Bertz CT molecular complexity index is 403. The molecule has 0 aliphatic carbocycles. The van der Waals surface area contributed by atoms with Crippen molar-refractivity contribution in [1.29, 1.82) is 0 Å². The van der Waals surface area contributed by atoms with Crippen molar-refractivity contribution in [2.24, 2.45) is 5.73 Å². The molecule has 0 aliphatic rings. The van der Waals surface area contributed by atoms with Crippen molar-refractivity contribution in [3.05, 3.63) is 23.0 Å². The number of likely N-dealkylation sites (N-methyl/N-ethyl adjacent to an activating group) is 1. The molecule has 5 heteroatoms. The first kappa shape index (κ1) is 13.6. The lowest BCUT2D eigenvalue weighted by Crippen LogP contribution is -2.37. The standard InChI is InChI=1S/C12H20N4O/c1-5-11-10(6-9(3)14-15-11)12(17)16(4)7-8(2)13/h6,8H,5,7,13H2,1-4H3. The molecule has 2 N–H and O–H groups in total. The zero-order valence-electron chi connectivity index (χ0n) is 10.9. The minimum atomic E-state index is -0.0443. The molecule has 1 heterocycles. The second kappa shape index (κ2) is 5.72. The molecule has 1 amide bonds. The highest BCUT2D eigenvalue weighted by Gasteiger charge is 2.17. The van der Waals surface area contributed by atoms with Gasteiger partial charge in [-0.05, 0) is 26.3 Å². The first-order chi connectivity index (χ1) is 7.95. The van der Waals surface area contributed by atoms with Gasteiger partial charge in [0.15, 0.2) is 0 Å². The van der Waals surface area contributed by atoms with E-state index >= 15 is 0 Å². The Morgan fingerprint density at radius 3 is 2.71 bits per heavy atom. The van der Waals surface area contributed by atoms with Crippen LogP contribution in [0.3, 0.4) is 0 Å². The maximum Gasteiger partial charge on any atom is 0.255 e. The Morgan fingerprint density at radius 1 is 1.53 bits per heavy atom. The lowest BCUT2D eigenvalue weighted by Gasteiger charge is -2.20. The van der Waals surface area contributed by atoms with E-state index in [1.165, 1.54) is 0 Å². The van der Waals surface area contributed by atoms with E-state index in [1.54, 1.807) is 18.0 Å². The zero-order chi connectivity index (χ0) is 13.0. The van der Waals surface area contributed by atoms with Crippen molar-refractivity contribution in [3.63, 3.8) is 0 Å². The van der Waals surface area contributed by atoms with E-state index in [-0.39, 0.29) is 11.9 Å². The van der Waals surface area contributed by atoms with Gasteiger partial charge >= 0.3 is 0 Å². The summed E-state index contributed by atoms with van der Waals surface area (Å²) in [7, 11) is 1.75. The smallest absolute Gasteiger partial charge is 0.255 e. The average molecular weight is 236 g/mol. The van der Waals surface area contributed by atoms with E-state index in [1.807, 2.05) is 20.8 Å². The van der Waals surface area contributed by atoms with Crippen LogP contribution in [0.15, 0.2) is 6.07 Å². The number of hydrogen-bond donors (Lipinski definition) is 1. The van der Waals surface area contributed by atoms with Crippen LogP contribution in [0.5, 0.6) is 0 Å². The quantitative estimate of drug-likeness (QED) is 0.838. The molecule has 17 heavy (non-hydrogen) atoms. The SMILES string of the molecule is CCc1nnc(C)cc1C(=O)N(C)CC(C)N. The van der Waals surface area contributed by atoms with Gasteiger partial charge in [-0.3, -0.25) is 4.79 Å². The summed E-state index contributed by atoms with van der Waals surface area (Å²) in [6, 6.07) is 1.75. The summed E-state index contributed by atoms with van der Waals surface area (Å²) in [5, 5.41) is 8.02. The molecule has 0 bridgehead atoms. The second-order valence-electron chi connectivity index (χ2n) is 4.36. The van der Waals surface area contributed by atoms with Gasteiger partial charge in [-0.25, -0.2) is 0 Å². The summed E-state index contributed by atoms with van der Waals surface area (Å²) >= 11 is 0. The Balaban J connectivity index is 2.98. The van der Waals surface area contributed by atoms with Crippen LogP contribution in [0.25, 0.3) is 0 Å². The highest BCUT2D eigenvalue weighted by molar-refractivity contribution is 5.95. The van der Waals surface area contributed by atoms with E-state index in [2.05, 4.69) is 10.2 Å². The molecule has 0 fully saturated rings. The van der Waals surface area contributed by atoms with Gasteiger partial charge in [-0.2, -0.15) is 10.2 Å². The van der Waals surface area contributed by atoms with Crippen molar-refractivity contribution in [3.8, 4) is 0 Å². The monoisotopic (exact) mass is 236 g/mol. The lowest BCUT2D eigenvalue weighted by atomic mass is 10.1. The van der Waals surface area contributed by atoms with Crippen molar-refractivity contribution in [2.75, 3.05) is 13.6 Å². The molecule has 0 aromatic carbocycles. The highest BCUT2D eigenvalue weighted by atomic mass is 16.2. The normalized spacial score (nSPS) is 12.3.